The summed E-state index contributed by atoms with van der Waals surface area (Å²) in [6.45, 7) is -0.649. The number of halogens is 4. The highest BCUT2D eigenvalue weighted by atomic mass is 35.5. The van der Waals surface area contributed by atoms with Gasteiger partial charge in [0.15, 0.2) is 23.6 Å². The molecule has 0 unspecified atom stereocenters. The molecular formula is C28H30ClF3N4O6. The van der Waals surface area contributed by atoms with Gasteiger partial charge in [0.1, 0.15) is 30.0 Å². The fourth-order valence-corrected chi connectivity index (χ4v) is 5.77. The predicted octanol–water partition coefficient (Wildman–Crippen LogP) is 2.37. The van der Waals surface area contributed by atoms with Crippen LogP contribution in [0, 0.1) is 17.5 Å². The highest BCUT2D eigenvalue weighted by Crippen LogP contribution is 2.34. The lowest BCUT2D eigenvalue weighted by Gasteiger charge is -2.45. The summed E-state index contributed by atoms with van der Waals surface area (Å²) < 4.78 is 47.8. The average molecular weight is 611 g/mol. The zero-order chi connectivity index (χ0) is 30.1. The van der Waals surface area contributed by atoms with Gasteiger partial charge in [0.2, 0.25) is 0 Å². The lowest BCUT2D eigenvalue weighted by molar-refractivity contribution is -0.214. The first-order valence-electron chi connectivity index (χ1n) is 13.5. The molecule has 4 N–H and O–H groups in total. The molecule has 226 valence electrons. The molecule has 3 aromatic rings. The molecule has 2 aromatic carbocycles. The number of amides is 1. The van der Waals surface area contributed by atoms with Gasteiger partial charge in [0.05, 0.1) is 24.9 Å². The molecule has 1 aliphatic heterocycles. The van der Waals surface area contributed by atoms with Crippen LogP contribution in [0.5, 0.6) is 0 Å². The minimum Gasteiger partial charge on any atom is -0.394 e. The van der Waals surface area contributed by atoms with Crippen molar-refractivity contribution in [3.8, 4) is 11.3 Å². The van der Waals surface area contributed by atoms with Crippen molar-refractivity contribution in [2.45, 2.75) is 74.8 Å². The van der Waals surface area contributed by atoms with Crippen LogP contribution in [0.15, 0.2) is 42.6 Å². The number of carbonyl (C=O) groups excluding carboxylic acids is 1. The van der Waals surface area contributed by atoms with Gasteiger partial charge in [0.25, 0.3) is 5.91 Å². The first-order chi connectivity index (χ1) is 20.1. The Balaban J connectivity index is 1.47. The monoisotopic (exact) mass is 610 g/mol. The molecule has 42 heavy (non-hydrogen) atoms. The van der Waals surface area contributed by atoms with Gasteiger partial charge in [-0.25, -0.2) is 17.9 Å². The number of ether oxygens (including phenoxy) is 1. The largest absolute Gasteiger partial charge is 0.394 e. The number of hydrogen-bond donors (Lipinski definition) is 4. The van der Waals surface area contributed by atoms with Crippen molar-refractivity contribution < 1.29 is 43.1 Å². The van der Waals surface area contributed by atoms with Gasteiger partial charge in [-0.15, -0.1) is 5.10 Å². The number of aromatic nitrogens is 3. The number of nitrogens with zero attached hydrogens (tertiary/aromatic N) is 4. The fourth-order valence-electron chi connectivity index (χ4n) is 5.64. The van der Waals surface area contributed by atoms with Crippen LogP contribution in [0.4, 0.5) is 13.2 Å². The van der Waals surface area contributed by atoms with E-state index in [0.29, 0.717) is 23.4 Å². The van der Waals surface area contributed by atoms with Crippen molar-refractivity contribution in [2.24, 2.45) is 0 Å². The van der Waals surface area contributed by atoms with Crippen LogP contribution in [-0.4, -0.2) is 89.4 Å². The molecule has 7 atom stereocenters. The maximum atomic E-state index is 14.1. The second-order valence-electron chi connectivity index (χ2n) is 10.6. The first-order valence-corrected chi connectivity index (χ1v) is 13.9. The molecule has 0 spiro atoms. The van der Waals surface area contributed by atoms with Crippen LogP contribution in [-0.2, 0) is 16.1 Å². The number of aliphatic hydroxyl groups excluding tert-OH is 4. The number of aliphatic hydroxyl groups is 4. The standard InChI is InChI=1S/C28H30ClF3N4O6/c29-16-7-5-14(6-8-16)11-35(20-3-1-2-4-21(20)38)28(41)27-26(40)24(25(39)22(13-37)42-27)36-12-19(33-34-36)15-9-17(30)23(32)18(31)10-15/h5-10,12,20-22,24-27,37-40H,1-4,11,13H2/t20-,21-,22+,24-,25-,26+,27+/m0/s1. The second kappa shape index (κ2) is 12.7. The fraction of sp³-hybridized carbons (Fsp3) is 0.464. The molecule has 0 radical (unpaired) electrons. The van der Waals surface area contributed by atoms with E-state index in [4.69, 9.17) is 16.3 Å². The van der Waals surface area contributed by atoms with Crippen LogP contribution in [0.2, 0.25) is 5.02 Å². The molecule has 1 aliphatic carbocycles. The van der Waals surface area contributed by atoms with E-state index < -0.39 is 72.6 Å². The third-order valence-corrected chi connectivity index (χ3v) is 8.13. The van der Waals surface area contributed by atoms with E-state index >= 15 is 0 Å². The quantitative estimate of drug-likeness (QED) is 0.299. The summed E-state index contributed by atoms with van der Waals surface area (Å²) >= 11 is 6.02. The van der Waals surface area contributed by atoms with Crippen molar-refractivity contribution >= 4 is 17.5 Å². The Bertz CT molecular complexity index is 1390. The smallest absolute Gasteiger partial charge is 0.255 e. The lowest BCUT2D eigenvalue weighted by atomic mass is 9.88. The molecule has 1 amide bonds. The summed E-state index contributed by atoms with van der Waals surface area (Å²) in [5.41, 5.74) is 0.461. The van der Waals surface area contributed by atoms with E-state index in [-0.39, 0.29) is 17.8 Å². The van der Waals surface area contributed by atoms with Crippen LogP contribution in [0.3, 0.4) is 0 Å². The molecule has 10 nitrogen and oxygen atoms in total. The Morgan fingerprint density at radius 1 is 1.05 bits per heavy atom. The van der Waals surface area contributed by atoms with Crippen LogP contribution in [0.1, 0.15) is 37.3 Å². The topological polar surface area (TPSA) is 141 Å². The summed E-state index contributed by atoms with van der Waals surface area (Å²) in [5, 5.41) is 51.4. The van der Waals surface area contributed by atoms with E-state index in [0.717, 1.165) is 29.7 Å². The molecule has 0 bridgehead atoms. The Kier molecular flexibility index (Phi) is 9.16. The van der Waals surface area contributed by atoms with Crippen molar-refractivity contribution in [1.29, 1.82) is 0 Å². The average Bonchev–Trinajstić information content (AvgIpc) is 3.45. The second-order valence-corrected chi connectivity index (χ2v) is 11.0. The maximum absolute atomic E-state index is 14.1. The van der Waals surface area contributed by atoms with Gasteiger partial charge in [-0.1, -0.05) is 41.8 Å². The van der Waals surface area contributed by atoms with E-state index in [1.165, 1.54) is 11.1 Å². The van der Waals surface area contributed by atoms with E-state index in [9.17, 15) is 38.4 Å². The molecule has 1 saturated carbocycles. The lowest BCUT2D eigenvalue weighted by Crippen LogP contribution is -2.62. The van der Waals surface area contributed by atoms with Crippen molar-refractivity contribution in [2.75, 3.05) is 6.61 Å². The number of rotatable bonds is 7. The van der Waals surface area contributed by atoms with E-state index in [2.05, 4.69) is 10.3 Å². The van der Waals surface area contributed by atoms with Crippen LogP contribution < -0.4 is 0 Å². The molecule has 1 saturated heterocycles. The number of benzene rings is 2. The van der Waals surface area contributed by atoms with Crippen LogP contribution in [0.25, 0.3) is 11.3 Å². The molecule has 14 heteroatoms. The third-order valence-electron chi connectivity index (χ3n) is 7.87. The molecule has 1 aromatic heterocycles. The number of carbonyl (C=O) groups is 1. The summed E-state index contributed by atoms with van der Waals surface area (Å²) in [7, 11) is 0. The van der Waals surface area contributed by atoms with Crippen molar-refractivity contribution in [1.82, 2.24) is 19.9 Å². The minimum absolute atomic E-state index is 0.0660. The Hall–Kier alpha value is -3.07. The molecular weight excluding hydrogens is 581 g/mol. The van der Waals surface area contributed by atoms with Gasteiger partial charge in [-0.05, 0) is 42.7 Å². The van der Waals surface area contributed by atoms with Crippen LogP contribution >= 0.6 is 11.6 Å². The molecule has 5 rings (SSSR count). The Labute approximate surface area is 243 Å². The van der Waals surface area contributed by atoms with Gasteiger partial charge < -0.3 is 30.1 Å². The molecule has 2 aliphatic rings. The zero-order valence-electron chi connectivity index (χ0n) is 22.2. The van der Waals surface area contributed by atoms with Gasteiger partial charge in [0, 0.05) is 17.1 Å². The minimum atomic E-state index is -1.72. The maximum Gasteiger partial charge on any atom is 0.255 e. The Morgan fingerprint density at radius 3 is 2.36 bits per heavy atom. The van der Waals surface area contributed by atoms with Crippen molar-refractivity contribution in [3.63, 3.8) is 0 Å². The van der Waals surface area contributed by atoms with Gasteiger partial charge in [-0.2, -0.15) is 0 Å². The zero-order valence-corrected chi connectivity index (χ0v) is 23.0. The highest BCUT2D eigenvalue weighted by molar-refractivity contribution is 6.30. The molecule has 2 heterocycles. The summed E-state index contributed by atoms with van der Waals surface area (Å²) in [5.74, 6) is -5.22. The Morgan fingerprint density at radius 2 is 1.71 bits per heavy atom. The first kappa shape index (κ1) is 30.4. The molecule has 2 fully saturated rings. The summed E-state index contributed by atoms with van der Waals surface area (Å²) in [4.78, 5) is 15.5. The summed E-state index contributed by atoms with van der Waals surface area (Å²) in [6.07, 6.45) is -3.31. The predicted molar refractivity (Wildman–Crippen MR) is 142 cm³/mol. The summed E-state index contributed by atoms with van der Waals surface area (Å²) in [6, 6.07) is 6.27. The van der Waals surface area contributed by atoms with E-state index in [1.54, 1.807) is 24.3 Å². The number of hydrogen-bond acceptors (Lipinski definition) is 8. The van der Waals surface area contributed by atoms with Gasteiger partial charge in [-0.3, -0.25) is 4.79 Å². The van der Waals surface area contributed by atoms with E-state index in [1.807, 2.05) is 0 Å². The van der Waals surface area contributed by atoms with Gasteiger partial charge >= 0.3 is 0 Å². The normalized spacial score (nSPS) is 28.0. The third kappa shape index (κ3) is 6.03. The highest BCUT2D eigenvalue weighted by Gasteiger charge is 2.50. The SMILES string of the molecule is O=C([C@@H]1O[C@H](CO)[C@H](O)[C@H](n2cc(-c3cc(F)c(F)c(F)c3)nn2)[C@H]1O)N(Cc1ccc(Cl)cc1)[C@H]1CCCC[C@@H]1O. The van der Waals surface area contributed by atoms with Crippen molar-refractivity contribution in [3.05, 3.63) is 70.6 Å².